The highest BCUT2D eigenvalue weighted by Crippen LogP contribution is 2.25. The van der Waals surface area contributed by atoms with Crippen LogP contribution in [0.2, 0.25) is 0 Å². The van der Waals surface area contributed by atoms with E-state index in [4.69, 9.17) is 17.0 Å². The summed E-state index contributed by atoms with van der Waals surface area (Å²) in [5.41, 5.74) is 7.49. The lowest BCUT2D eigenvalue weighted by molar-refractivity contribution is -0.120. The van der Waals surface area contributed by atoms with Crippen LogP contribution in [0.3, 0.4) is 0 Å². The highest BCUT2D eigenvalue weighted by Gasteiger charge is 2.21. The number of hydrogen-bond acceptors (Lipinski definition) is 5. The number of rotatable bonds is 8. The van der Waals surface area contributed by atoms with Gasteiger partial charge in [0.25, 0.3) is 11.8 Å². The van der Waals surface area contributed by atoms with Crippen LogP contribution in [0.5, 0.6) is 5.75 Å². The molecule has 1 aliphatic rings. The Kier molecular flexibility index (Phi) is 10.0. The zero-order valence-corrected chi connectivity index (χ0v) is 22.4. The number of hydrogen-bond donors (Lipinski definition) is 4. The first-order valence-electron chi connectivity index (χ1n) is 13.1. The van der Waals surface area contributed by atoms with Gasteiger partial charge in [0.15, 0.2) is 5.11 Å². The van der Waals surface area contributed by atoms with Crippen LogP contribution >= 0.6 is 12.2 Å². The van der Waals surface area contributed by atoms with Gasteiger partial charge in [-0.05, 0) is 67.0 Å². The second-order valence-corrected chi connectivity index (χ2v) is 9.75. The normalized spacial score (nSPS) is 13.1. The van der Waals surface area contributed by atoms with Crippen molar-refractivity contribution >= 4 is 40.7 Å². The van der Waals surface area contributed by atoms with E-state index >= 15 is 0 Å². The summed E-state index contributed by atoms with van der Waals surface area (Å²) in [6, 6.07) is 23.4. The Labute approximate surface area is 233 Å². The molecule has 3 aromatic rings. The van der Waals surface area contributed by atoms with Gasteiger partial charge in [-0.1, -0.05) is 61.7 Å². The van der Waals surface area contributed by atoms with Crippen LogP contribution in [0.25, 0.3) is 0 Å². The molecule has 0 aromatic heterocycles. The maximum absolute atomic E-state index is 12.8. The molecule has 39 heavy (non-hydrogen) atoms. The van der Waals surface area contributed by atoms with E-state index in [9.17, 15) is 14.4 Å². The number of amides is 3. The molecule has 202 valence electrons. The van der Waals surface area contributed by atoms with Crippen LogP contribution in [0.4, 0.5) is 5.69 Å². The summed E-state index contributed by atoms with van der Waals surface area (Å²) in [5, 5.41) is 5.41. The maximum Gasteiger partial charge on any atom is 0.269 e. The zero-order valence-electron chi connectivity index (χ0n) is 21.6. The predicted molar refractivity (Wildman–Crippen MR) is 154 cm³/mol. The fourth-order valence-electron chi connectivity index (χ4n) is 4.41. The third kappa shape index (κ3) is 8.38. The predicted octanol–water partition coefficient (Wildman–Crippen LogP) is 4.78. The Morgan fingerprint density at radius 2 is 1.49 bits per heavy atom. The molecule has 4 N–H and O–H groups in total. The Morgan fingerprint density at radius 3 is 2.23 bits per heavy atom. The molecule has 8 nitrogen and oxygen atoms in total. The highest BCUT2D eigenvalue weighted by molar-refractivity contribution is 7.80. The zero-order chi connectivity index (χ0) is 27.5. The molecular weight excluding hydrogens is 512 g/mol. The minimum absolute atomic E-state index is 0.0258. The molecule has 9 heteroatoms. The summed E-state index contributed by atoms with van der Waals surface area (Å²) in [5.74, 6) is -0.391. The van der Waals surface area contributed by atoms with Crippen molar-refractivity contribution < 1.29 is 19.1 Å². The minimum Gasteiger partial charge on any atom is -0.492 e. The van der Waals surface area contributed by atoms with E-state index in [1.807, 2.05) is 30.3 Å². The third-order valence-corrected chi connectivity index (χ3v) is 6.73. The van der Waals surface area contributed by atoms with Crippen LogP contribution in [0, 0.1) is 5.92 Å². The molecule has 0 aliphatic heterocycles. The molecule has 0 spiro atoms. The first-order chi connectivity index (χ1) is 19.0. The molecular formula is C30H32N4O4S. The number of benzene rings is 3. The molecule has 0 saturated heterocycles. The van der Waals surface area contributed by atoms with Gasteiger partial charge in [0.05, 0.1) is 12.2 Å². The van der Waals surface area contributed by atoms with Crippen LogP contribution in [-0.2, 0) is 11.2 Å². The van der Waals surface area contributed by atoms with Crippen LogP contribution < -0.4 is 26.2 Å². The Balaban J connectivity index is 1.23. The summed E-state index contributed by atoms with van der Waals surface area (Å²) in [7, 11) is 0. The van der Waals surface area contributed by atoms with Crippen molar-refractivity contribution in [2.75, 3.05) is 11.9 Å². The standard InChI is InChI=1S/C30H32N4O4S/c35-27(22-11-5-2-6-12-22)31-24-17-15-23(16-18-24)28(36)33-34-30(39)32-29(37)25-13-7-8-14-26(25)38-20-19-21-9-3-1-4-10-21/h1,3-4,7-10,13-18,22H,2,5-6,11-12,19-20H2,(H,31,35)(H,33,36)(H2,32,34,37,39). The van der Waals surface area contributed by atoms with E-state index in [1.165, 1.54) is 6.42 Å². The van der Waals surface area contributed by atoms with Gasteiger partial charge in [-0.25, -0.2) is 0 Å². The van der Waals surface area contributed by atoms with Gasteiger partial charge in [0, 0.05) is 23.6 Å². The first kappa shape index (κ1) is 27.8. The third-order valence-electron chi connectivity index (χ3n) is 6.53. The second kappa shape index (κ2) is 14.1. The van der Waals surface area contributed by atoms with Gasteiger partial charge in [0.1, 0.15) is 5.75 Å². The smallest absolute Gasteiger partial charge is 0.269 e. The summed E-state index contributed by atoms with van der Waals surface area (Å²) >= 11 is 5.18. The number of ether oxygens (including phenoxy) is 1. The average Bonchev–Trinajstić information content (AvgIpc) is 2.97. The minimum atomic E-state index is -0.463. The molecule has 0 bridgehead atoms. The van der Waals surface area contributed by atoms with E-state index in [1.54, 1.807) is 48.5 Å². The molecule has 3 aromatic carbocycles. The Morgan fingerprint density at radius 1 is 0.795 bits per heavy atom. The molecule has 0 atom stereocenters. The second-order valence-electron chi connectivity index (χ2n) is 9.34. The van der Waals surface area contributed by atoms with Gasteiger partial charge >= 0.3 is 0 Å². The molecule has 3 amide bonds. The summed E-state index contributed by atoms with van der Waals surface area (Å²) in [4.78, 5) is 37.7. The lowest BCUT2D eigenvalue weighted by atomic mass is 9.88. The topological polar surface area (TPSA) is 109 Å². The lowest BCUT2D eigenvalue weighted by Crippen LogP contribution is -2.48. The van der Waals surface area contributed by atoms with Gasteiger partial charge in [-0.3, -0.25) is 30.6 Å². The van der Waals surface area contributed by atoms with Crippen molar-refractivity contribution in [2.45, 2.75) is 38.5 Å². The number of nitrogens with one attached hydrogen (secondary N) is 4. The van der Waals surface area contributed by atoms with Crippen molar-refractivity contribution in [3.8, 4) is 5.75 Å². The van der Waals surface area contributed by atoms with Crippen molar-refractivity contribution in [3.05, 3.63) is 95.6 Å². The number of anilines is 1. The van der Waals surface area contributed by atoms with Crippen LogP contribution in [0.15, 0.2) is 78.9 Å². The molecule has 1 saturated carbocycles. The number of carbonyl (C=O) groups is 3. The summed E-state index contributed by atoms with van der Waals surface area (Å²) < 4.78 is 5.85. The maximum atomic E-state index is 12.8. The van der Waals surface area contributed by atoms with E-state index in [0.29, 0.717) is 35.6 Å². The molecule has 0 heterocycles. The number of carbonyl (C=O) groups excluding carboxylic acids is 3. The Bertz CT molecular complexity index is 1290. The van der Waals surface area contributed by atoms with Gasteiger partial charge in [-0.15, -0.1) is 0 Å². The number of para-hydroxylation sites is 1. The molecule has 1 aliphatic carbocycles. The molecule has 4 rings (SSSR count). The summed E-state index contributed by atoms with van der Waals surface area (Å²) in [6.45, 7) is 0.413. The number of thiocarbonyl (C=S) groups is 1. The van der Waals surface area contributed by atoms with Crippen molar-refractivity contribution in [1.29, 1.82) is 0 Å². The lowest BCUT2D eigenvalue weighted by Gasteiger charge is -2.20. The van der Waals surface area contributed by atoms with Crippen molar-refractivity contribution in [2.24, 2.45) is 5.92 Å². The van der Waals surface area contributed by atoms with E-state index in [-0.39, 0.29) is 16.9 Å². The average molecular weight is 545 g/mol. The Hall–Kier alpha value is -4.24. The fourth-order valence-corrected chi connectivity index (χ4v) is 4.55. The van der Waals surface area contributed by atoms with E-state index in [0.717, 1.165) is 31.2 Å². The summed E-state index contributed by atoms with van der Waals surface area (Å²) in [6.07, 6.45) is 5.90. The van der Waals surface area contributed by atoms with E-state index < -0.39 is 11.8 Å². The van der Waals surface area contributed by atoms with Gasteiger partial charge < -0.3 is 10.1 Å². The van der Waals surface area contributed by atoms with E-state index in [2.05, 4.69) is 21.5 Å². The van der Waals surface area contributed by atoms with Gasteiger partial charge in [-0.2, -0.15) is 0 Å². The first-order valence-corrected chi connectivity index (χ1v) is 13.5. The molecule has 0 radical (unpaired) electrons. The van der Waals surface area contributed by atoms with Crippen molar-refractivity contribution in [1.82, 2.24) is 16.2 Å². The molecule has 1 fully saturated rings. The number of hydrazine groups is 1. The van der Waals surface area contributed by atoms with Crippen LogP contribution in [0.1, 0.15) is 58.4 Å². The highest BCUT2D eigenvalue weighted by atomic mass is 32.1. The fraction of sp³-hybridized carbons (Fsp3) is 0.267. The monoisotopic (exact) mass is 544 g/mol. The van der Waals surface area contributed by atoms with Crippen LogP contribution in [-0.4, -0.2) is 29.4 Å². The SMILES string of the molecule is O=C(NNC(=S)NC(=O)c1ccccc1OCCc1ccccc1)c1ccc(NC(=O)C2CCCCC2)cc1. The largest absolute Gasteiger partial charge is 0.492 e. The van der Waals surface area contributed by atoms with Crippen molar-refractivity contribution in [3.63, 3.8) is 0 Å². The van der Waals surface area contributed by atoms with Gasteiger partial charge in [0.2, 0.25) is 5.91 Å². The quantitative estimate of drug-likeness (QED) is 0.240. The molecule has 0 unspecified atom stereocenters.